The van der Waals surface area contributed by atoms with Crippen molar-refractivity contribution in [1.82, 2.24) is 0 Å². The highest BCUT2D eigenvalue weighted by Gasteiger charge is 2.03. The molecule has 0 bridgehead atoms. The van der Waals surface area contributed by atoms with Crippen LogP contribution in [0.25, 0.3) is 0 Å². The number of aromatic hydroxyl groups is 1. The Bertz CT molecular complexity index is 523. The van der Waals surface area contributed by atoms with Crippen LogP contribution in [0, 0.1) is 11.6 Å². The predicted molar refractivity (Wildman–Crippen MR) is 69.5 cm³/mol. The molecule has 2 aromatic carbocycles. The molecule has 0 aromatic heterocycles. The van der Waals surface area contributed by atoms with E-state index in [-0.39, 0.29) is 11.6 Å². The Balaban J connectivity index is 2.06. The Kier molecular flexibility index (Phi) is 3.81. The molecule has 0 amide bonds. The van der Waals surface area contributed by atoms with Crippen LogP contribution in [-0.2, 0) is 6.54 Å². The highest BCUT2D eigenvalue weighted by molar-refractivity contribution is 9.10. The van der Waals surface area contributed by atoms with E-state index in [0.717, 1.165) is 5.69 Å². The first-order valence-electron chi connectivity index (χ1n) is 5.22. The quantitative estimate of drug-likeness (QED) is 0.896. The van der Waals surface area contributed by atoms with E-state index in [2.05, 4.69) is 21.2 Å². The highest BCUT2D eigenvalue weighted by Crippen LogP contribution is 2.21. The van der Waals surface area contributed by atoms with Gasteiger partial charge in [-0.15, -0.1) is 0 Å². The molecule has 0 radical (unpaired) electrons. The second-order valence-electron chi connectivity index (χ2n) is 3.77. The van der Waals surface area contributed by atoms with Crippen molar-refractivity contribution in [2.45, 2.75) is 6.54 Å². The molecule has 0 aliphatic rings. The lowest BCUT2D eigenvalue weighted by molar-refractivity contribution is 0.432. The second kappa shape index (κ2) is 5.35. The van der Waals surface area contributed by atoms with Gasteiger partial charge < -0.3 is 10.4 Å². The summed E-state index contributed by atoms with van der Waals surface area (Å²) in [5.41, 5.74) is 1.41. The Morgan fingerprint density at radius 2 is 1.83 bits per heavy atom. The van der Waals surface area contributed by atoms with Gasteiger partial charge in [-0.25, -0.2) is 8.78 Å². The Morgan fingerprint density at radius 3 is 2.50 bits per heavy atom. The van der Waals surface area contributed by atoms with Crippen LogP contribution in [0.4, 0.5) is 14.5 Å². The number of anilines is 1. The van der Waals surface area contributed by atoms with Crippen molar-refractivity contribution >= 4 is 21.6 Å². The van der Waals surface area contributed by atoms with Gasteiger partial charge in [0.15, 0.2) is 11.6 Å². The van der Waals surface area contributed by atoms with Crippen molar-refractivity contribution in [2.24, 2.45) is 0 Å². The summed E-state index contributed by atoms with van der Waals surface area (Å²) in [6.45, 7) is 0.384. The largest absolute Gasteiger partial charge is 0.505 e. The fourth-order valence-electron chi connectivity index (χ4n) is 1.47. The van der Waals surface area contributed by atoms with Gasteiger partial charge in [-0.2, -0.15) is 0 Å². The minimum atomic E-state index is -0.658. The van der Waals surface area contributed by atoms with E-state index in [1.807, 2.05) is 0 Å². The first kappa shape index (κ1) is 12.8. The van der Waals surface area contributed by atoms with Crippen LogP contribution < -0.4 is 5.32 Å². The number of phenols is 1. The molecule has 94 valence electrons. The number of hydrogen-bond donors (Lipinski definition) is 2. The van der Waals surface area contributed by atoms with Gasteiger partial charge in [0.1, 0.15) is 5.82 Å². The minimum absolute atomic E-state index is 0.337. The third-order valence-electron chi connectivity index (χ3n) is 2.43. The molecule has 0 atom stereocenters. The van der Waals surface area contributed by atoms with Gasteiger partial charge in [-0.05, 0) is 51.8 Å². The van der Waals surface area contributed by atoms with Gasteiger partial charge in [0.05, 0.1) is 4.47 Å². The van der Waals surface area contributed by atoms with Gasteiger partial charge in [0.25, 0.3) is 0 Å². The summed E-state index contributed by atoms with van der Waals surface area (Å²) < 4.78 is 26.5. The number of nitrogens with one attached hydrogen (secondary N) is 1. The van der Waals surface area contributed by atoms with Crippen molar-refractivity contribution in [2.75, 3.05) is 5.32 Å². The van der Waals surface area contributed by atoms with E-state index in [0.29, 0.717) is 16.6 Å². The average molecular weight is 314 g/mol. The SMILES string of the molecule is Oc1ccc(CNc2ccc(F)c(Br)c2)cc1F. The lowest BCUT2D eigenvalue weighted by Gasteiger charge is -2.08. The van der Waals surface area contributed by atoms with Crippen LogP contribution in [0.3, 0.4) is 0 Å². The summed E-state index contributed by atoms with van der Waals surface area (Å²) >= 11 is 3.09. The molecular formula is C13H10BrF2NO. The fourth-order valence-corrected chi connectivity index (χ4v) is 1.85. The molecule has 2 aromatic rings. The average Bonchev–Trinajstić information content (AvgIpc) is 2.35. The Labute approximate surface area is 111 Å². The Hall–Kier alpha value is -1.62. The van der Waals surface area contributed by atoms with Crippen LogP contribution in [0.5, 0.6) is 5.75 Å². The third kappa shape index (κ3) is 2.98. The molecule has 0 heterocycles. The zero-order valence-electron chi connectivity index (χ0n) is 9.25. The van der Waals surface area contributed by atoms with Crippen LogP contribution in [0.1, 0.15) is 5.56 Å². The van der Waals surface area contributed by atoms with Crippen molar-refractivity contribution in [3.8, 4) is 5.75 Å². The molecule has 2 rings (SSSR count). The summed E-state index contributed by atoms with van der Waals surface area (Å²) in [6.07, 6.45) is 0. The maximum atomic E-state index is 13.1. The van der Waals surface area contributed by atoms with Crippen LogP contribution in [0.15, 0.2) is 40.9 Å². The molecule has 2 nitrogen and oxygen atoms in total. The van der Waals surface area contributed by atoms with Gasteiger partial charge in [-0.1, -0.05) is 6.07 Å². The number of halogens is 3. The monoisotopic (exact) mass is 313 g/mol. The van der Waals surface area contributed by atoms with Crippen molar-refractivity contribution < 1.29 is 13.9 Å². The van der Waals surface area contributed by atoms with E-state index in [1.165, 1.54) is 18.2 Å². The lowest BCUT2D eigenvalue weighted by atomic mass is 10.2. The third-order valence-corrected chi connectivity index (χ3v) is 3.04. The summed E-state index contributed by atoms with van der Waals surface area (Å²) in [6, 6.07) is 8.70. The molecule has 18 heavy (non-hydrogen) atoms. The van der Waals surface area contributed by atoms with Crippen LogP contribution >= 0.6 is 15.9 Å². The summed E-state index contributed by atoms with van der Waals surface area (Å²) in [5, 5.41) is 12.1. The molecule has 0 saturated carbocycles. The summed E-state index contributed by atoms with van der Waals surface area (Å²) in [7, 11) is 0. The first-order valence-corrected chi connectivity index (χ1v) is 6.02. The van der Waals surface area contributed by atoms with Crippen molar-refractivity contribution in [3.05, 3.63) is 58.1 Å². The second-order valence-corrected chi connectivity index (χ2v) is 4.62. The maximum absolute atomic E-state index is 13.1. The molecule has 0 fully saturated rings. The molecular weight excluding hydrogens is 304 g/mol. The molecule has 0 spiro atoms. The van der Waals surface area contributed by atoms with Crippen molar-refractivity contribution in [3.63, 3.8) is 0 Å². The smallest absolute Gasteiger partial charge is 0.165 e. The number of phenolic OH excluding ortho intramolecular Hbond substituents is 1. The lowest BCUT2D eigenvalue weighted by Crippen LogP contribution is -2.00. The zero-order chi connectivity index (χ0) is 13.1. The Morgan fingerprint density at radius 1 is 1.06 bits per heavy atom. The van der Waals surface area contributed by atoms with Gasteiger partial charge in [-0.3, -0.25) is 0 Å². The van der Waals surface area contributed by atoms with E-state index >= 15 is 0 Å². The number of benzene rings is 2. The molecule has 0 aliphatic carbocycles. The van der Waals surface area contributed by atoms with E-state index in [9.17, 15) is 8.78 Å². The molecule has 2 N–H and O–H groups in total. The normalized spacial score (nSPS) is 10.4. The topological polar surface area (TPSA) is 32.3 Å². The van der Waals surface area contributed by atoms with Crippen molar-refractivity contribution in [1.29, 1.82) is 0 Å². The van der Waals surface area contributed by atoms with Gasteiger partial charge in [0.2, 0.25) is 0 Å². The van der Waals surface area contributed by atoms with Crippen LogP contribution in [0.2, 0.25) is 0 Å². The highest BCUT2D eigenvalue weighted by atomic mass is 79.9. The van der Waals surface area contributed by atoms with Gasteiger partial charge >= 0.3 is 0 Å². The molecule has 0 saturated heterocycles. The molecule has 0 unspecified atom stereocenters. The van der Waals surface area contributed by atoms with E-state index in [4.69, 9.17) is 5.11 Å². The van der Waals surface area contributed by atoms with E-state index < -0.39 is 5.82 Å². The maximum Gasteiger partial charge on any atom is 0.165 e. The number of hydrogen-bond acceptors (Lipinski definition) is 2. The first-order chi connectivity index (χ1) is 8.56. The standard InChI is InChI=1S/C13H10BrF2NO/c14-10-6-9(2-3-11(10)15)17-7-8-1-4-13(18)12(16)5-8/h1-6,17-18H,7H2. The minimum Gasteiger partial charge on any atom is -0.505 e. The van der Waals surface area contributed by atoms with E-state index in [1.54, 1.807) is 18.2 Å². The summed E-state index contributed by atoms with van der Waals surface area (Å²) in [5.74, 6) is -1.37. The predicted octanol–water partition coefficient (Wildman–Crippen LogP) is 4.05. The number of rotatable bonds is 3. The fraction of sp³-hybridized carbons (Fsp3) is 0.0769. The molecule has 0 aliphatic heterocycles. The zero-order valence-corrected chi connectivity index (χ0v) is 10.8. The van der Waals surface area contributed by atoms with Crippen LogP contribution in [-0.4, -0.2) is 5.11 Å². The molecule has 5 heteroatoms. The summed E-state index contributed by atoms with van der Waals surface area (Å²) in [4.78, 5) is 0. The van der Waals surface area contributed by atoms with Gasteiger partial charge in [0, 0.05) is 12.2 Å².